The van der Waals surface area contributed by atoms with E-state index in [0.717, 1.165) is 30.7 Å². The first-order valence-electron chi connectivity index (χ1n) is 7.96. The number of nitrogens with zero attached hydrogens (tertiary/aromatic N) is 2. The second-order valence-corrected chi connectivity index (χ2v) is 5.37. The van der Waals surface area contributed by atoms with Crippen molar-refractivity contribution in [2.24, 2.45) is 15.8 Å². The average Bonchev–Trinajstić information content (AvgIpc) is 2.61. The van der Waals surface area contributed by atoms with Crippen LogP contribution >= 0.6 is 0 Å². The fraction of sp³-hybridized carbons (Fsp3) is 0.263. The van der Waals surface area contributed by atoms with Crippen LogP contribution in [0, 0.1) is 0 Å². The number of benzene rings is 2. The summed E-state index contributed by atoms with van der Waals surface area (Å²) < 4.78 is 0. The number of rotatable bonds is 6. The maximum absolute atomic E-state index is 5.77. The van der Waals surface area contributed by atoms with Crippen LogP contribution in [0.25, 0.3) is 11.1 Å². The molecule has 23 heavy (non-hydrogen) atoms. The van der Waals surface area contributed by atoms with Crippen molar-refractivity contribution in [3.05, 3.63) is 60.2 Å². The first-order valence-corrected chi connectivity index (χ1v) is 7.96. The van der Waals surface area contributed by atoms with Crippen LogP contribution in [0.15, 0.2) is 64.7 Å². The molecule has 0 amide bonds. The van der Waals surface area contributed by atoms with Gasteiger partial charge in [0.05, 0.1) is 5.71 Å². The Morgan fingerprint density at radius 1 is 1.00 bits per heavy atom. The molecule has 120 valence electrons. The summed E-state index contributed by atoms with van der Waals surface area (Å²) in [5, 5.41) is 4.29. The van der Waals surface area contributed by atoms with Crippen LogP contribution in [0.5, 0.6) is 0 Å². The SMILES string of the molecule is CCCCN=C(N)NN=C(C)c1ccc(-c2ccccc2)cc1. The van der Waals surface area contributed by atoms with Crippen molar-refractivity contribution >= 4 is 11.7 Å². The highest BCUT2D eigenvalue weighted by Gasteiger charge is 2.00. The highest BCUT2D eigenvalue weighted by atomic mass is 15.4. The molecule has 0 unspecified atom stereocenters. The van der Waals surface area contributed by atoms with E-state index in [9.17, 15) is 0 Å². The van der Waals surface area contributed by atoms with Gasteiger partial charge < -0.3 is 5.73 Å². The third kappa shape index (κ3) is 5.25. The quantitative estimate of drug-likeness (QED) is 0.369. The summed E-state index contributed by atoms with van der Waals surface area (Å²) in [5.41, 5.74) is 12.9. The lowest BCUT2D eigenvalue weighted by Crippen LogP contribution is -2.28. The van der Waals surface area contributed by atoms with E-state index in [1.165, 1.54) is 11.1 Å². The second kappa shape index (κ2) is 8.73. The monoisotopic (exact) mass is 308 g/mol. The zero-order valence-electron chi connectivity index (χ0n) is 13.8. The Morgan fingerprint density at radius 3 is 2.30 bits per heavy atom. The predicted octanol–water partition coefficient (Wildman–Crippen LogP) is 3.78. The Hall–Kier alpha value is -2.62. The van der Waals surface area contributed by atoms with Gasteiger partial charge in [-0.25, -0.2) is 5.43 Å². The van der Waals surface area contributed by atoms with E-state index in [1.807, 2.05) is 25.1 Å². The highest BCUT2D eigenvalue weighted by Crippen LogP contribution is 2.19. The van der Waals surface area contributed by atoms with Crippen LogP contribution < -0.4 is 11.2 Å². The Bertz CT molecular complexity index is 658. The van der Waals surface area contributed by atoms with Gasteiger partial charge in [0.2, 0.25) is 5.96 Å². The molecule has 0 saturated carbocycles. The zero-order valence-corrected chi connectivity index (χ0v) is 13.8. The maximum Gasteiger partial charge on any atom is 0.209 e. The van der Waals surface area contributed by atoms with Gasteiger partial charge in [0.25, 0.3) is 0 Å². The normalized spacial score (nSPS) is 12.3. The lowest BCUT2D eigenvalue weighted by molar-refractivity contribution is 0.799. The summed E-state index contributed by atoms with van der Waals surface area (Å²) in [6, 6.07) is 18.6. The molecule has 0 radical (unpaired) electrons. The molecular formula is C19H24N4. The van der Waals surface area contributed by atoms with E-state index in [4.69, 9.17) is 5.73 Å². The van der Waals surface area contributed by atoms with Gasteiger partial charge in [-0.05, 0) is 30.0 Å². The molecule has 0 aromatic heterocycles. The zero-order chi connectivity index (χ0) is 16.5. The Kier molecular flexibility index (Phi) is 6.36. The number of nitrogens with one attached hydrogen (secondary N) is 1. The third-order valence-electron chi connectivity index (χ3n) is 3.54. The molecule has 0 bridgehead atoms. The molecular weight excluding hydrogens is 284 g/mol. The minimum Gasteiger partial charge on any atom is -0.369 e. The van der Waals surface area contributed by atoms with Gasteiger partial charge in [0.15, 0.2) is 0 Å². The van der Waals surface area contributed by atoms with E-state index >= 15 is 0 Å². The van der Waals surface area contributed by atoms with Gasteiger partial charge in [0, 0.05) is 6.54 Å². The van der Waals surface area contributed by atoms with Gasteiger partial charge >= 0.3 is 0 Å². The lowest BCUT2D eigenvalue weighted by Gasteiger charge is -2.05. The topological polar surface area (TPSA) is 62.8 Å². The molecule has 0 aliphatic carbocycles. The van der Waals surface area contributed by atoms with Crippen LogP contribution in [0.2, 0.25) is 0 Å². The maximum atomic E-state index is 5.77. The molecule has 0 fully saturated rings. The molecule has 3 N–H and O–H groups in total. The van der Waals surface area contributed by atoms with Crippen molar-refractivity contribution in [3.63, 3.8) is 0 Å². The van der Waals surface area contributed by atoms with Crippen molar-refractivity contribution in [2.45, 2.75) is 26.7 Å². The molecule has 0 spiro atoms. The number of hydrogen-bond donors (Lipinski definition) is 2. The molecule has 4 nitrogen and oxygen atoms in total. The standard InChI is InChI=1S/C19H24N4/c1-3-4-14-21-19(20)23-22-15(2)16-10-12-18(13-11-16)17-8-6-5-7-9-17/h5-13H,3-4,14H2,1-2H3,(H3,20,21,23). The number of unbranched alkanes of at least 4 members (excludes halogenated alkanes) is 1. The first kappa shape index (κ1) is 16.7. The molecule has 0 aliphatic heterocycles. The second-order valence-electron chi connectivity index (χ2n) is 5.37. The van der Waals surface area contributed by atoms with Crippen molar-refractivity contribution in [3.8, 4) is 11.1 Å². The number of hydrogen-bond acceptors (Lipinski definition) is 2. The van der Waals surface area contributed by atoms with Gasteiger partial charge in [0.1, 0.15) is 0 Å². The van der Waals surface area contributed by atoms with Crippen molar-refractivity contribution in [2.75, 3.05) is 6.54 Å². The molecule has 0 aliphatic rings. The summed E-state index contributed by atoms with van der Waals surface area (Å²) in [6.07, 6.45) is 2.14. The lowest BCUT2D eigenvalue weighted by atomic mass is 10.0. The van der Waals surface area contributed by atoms with E-state index in [-0.39, 0.29) is 0 Å². The number of hydrazone groups is 1. The summed E-state index contributed by atoms with van der Waals surface area (Å²) >= 11 is 0. The number of aliphatic imine (C=N–C) groups is 1. The molecule has 4 heteroatoms. The van der Waals surface area contributed by atoms with Crippen LogP contribution in [-0.4, -0.2) is 18.2 Å². The molecule has 2 aromatic carbocycles. The molecule has 2 aromatic rings. The Labute approximate surface area is 138 Å². The predicted molar refractivity (Wildman–Crippen MR) is 98.6 cm³/mol. The average molecular weight is 308 g/mol. The Morgan fingerprint density at radius 2 is 1.65 bits per heavy atom. The highest BCUT2D eigenvalue weighted by molar-refractivity contribution is 5.99. The van der Waals surface area contributed by atoms with E-state index in [2.05, 4.69) is 58.8 Å². The van der Waals surface area contributed by atoms with Crippen LogP contribution in [-0.2, 0) is 0 Å². The number of guanidine groups is 1. The largest absolute Gasteiger partial charge is 0.369 e. The number of nitrogens with two attached hydrogens (primary N) is 1. The minimum atomic E-state index is 0.360. The molecule has 0 heterocycles. The van der Waals surface area contributed by atoms with Gasteiger partial charge in [-0.3, -0.25) is 4.99 Å². The van der Waals surface area contributed by atoms with Crippen molar-refractivity contribution in [1.82, 2.24) is 5.43 Å². The van der Waals surface area contributed by atoms with E-state index < -0.39 is 0 Å². The van der Waals surface area contributed by atoms with E-state index in [1.54, 1.807) is 0 Å². The fourth-order valence-electron chi connectivity index (χ4n) is 2.13. The minimum absolute atomic E-state index is 0.360. The third-order valence-corrected chi connectivity index (χ3v) is 3.54. The fourth-order valence-corrected chi connectivity index (χ4v) is 2.13. The van der Waals surface area contributed by atoms with Gasteiger partial charge in [-0.15, -0.1) is 0 Å². The first-order chi connectivity index (χ1) is 11.2. The molecule has 2 rings (SSSR count). The van der Waals surface area contributed by atoms with Crippen molar-refractivity contribution in [1.29, 1.82) is 0 Å². The summed E-state index contributed by atoms with van der Waals surface area (Å²) in [5.74, 6) is 0.360. The Balaban J connectivity index is 2.01. The van der Waals surface area contributed by atoms with Crippen LogP contribution in [0.3, 0.4) is 0 Å². The van der Waals surface area contributed by atoms with Crippen LogP contribution in [0.4, 0.5) is 0 Å². The van der Waals surface area contributed by atoms with Crippen LogP contribution in [0.1, 0.15) is 32.3 Å². The van der Waals surface area contributed by atoms with Gasteiger partial charge in [-0.2, -0.15) is 5.10 Å². The molecule has 0 saturated heterocycles. The van der Waals surface area contributed by atoms with E-state index in [0.29, 0.717) is 5.96 Å². The van der Waals surface area contributed by atoms with Crippen molar-refractivity contribution < 1.29 is 0 Å². The smallest absolute Gasteiger partial charge is 0.209 e. The molecule has 0 atom stereocenters. The summed E-state index contributed by atoms with van der Waals surface area (Å²) in [7, 11) is 0. The summed E-state index contributed by atoms with van der Waals surface area (Å²) in [4.78, 5) is 4.21. The summed E-state index contributed by atoms with van der Waals surface area (Å²) in [6.45, 7) is 4.81. The van der Waals surface area contributed by atoms with Gasteiger partial charge in [-0.1, -0.05) is 67.9 Å².